The van der Waals surface area contributed by atoms with Gasteiger partial charge in [-0.15, -0.1) is 0 Å². The molecular weight excluding hydrogens is 252 g/mol. The standard InChI is InChI=1S/C15H14N4O/c1-10-14(16-2)18-9-19-15(10)20-13-7-3-6-12-11(13)5-4-8-17-12/h3-9H,1-2H3,(H,16,18,19). The first-order valence-electron chi connectivity index (χ1n) is 6.30. The Hall–Kier alpha value is -2.69. The fourth-order valence-corrected chi connectivity index (χ4v) is 2.06. The van der Waals surface area contributed by atoms with Gasteiger partial charge < -0.3 is 10.1 Å². The van der Waals surface area contributed by atoms with Crippen LogP contribution in [0, 0.1) is 6.92 Å². The second-order valence-electron chi connectivity index (χ2n) is 4.33. The predicted octanol–water partition coefficient (Wildman–Crippen LogP) is 3.17. The van der Waals surface area contributed by atoms with E-state index < -0.39 is 0 Å². The van der Waals surface area contributed by atoms with Crippen molar-refractivity contribution in [3.63, 3.8) is 0 Å². The monoisotopic (exact) mass is 266 g/mol. The van der Waals surface area contributed by atoms with Crippen LogP contribution < -0.4 is 10.1 Å². The van der Waals surface area contributed by atoms with E-state index in [1.807, 2.05) is 44.3 Å². The van der Waals surface area contributed by atoms with E-state index in [1.165, 1.54) is 6.33 Å². The second-order valence-corrected chi connectivity index (χ2v) is 4.33. The zero-order chi connectivity index (χ0) is 13.9. The Morgan fingerprint density at radius 1 is 1.05 bits per heavy atom. The lowest BCUT2D eigenvalue weighted by molar-refractivity contribution is 0.463. The van der Waals surface area contributed by atoms with Crippen LogP contribution in [-0.2, 0) is 0 Å². The van der Waals surface area contributed by atoms with Crippen molar-refractivity contribution in [1.29, 1.82) is 0 Å². The van der Waals surface area contributed by atoms with Gasteiger partial charge in [-0.2, -0.15) is 0 Å². The molecule has 0 unspecified atom stereocenters. The van der Waals surface area contributed by atoms with Gasteiger partial charge in [0.1, 0.15) is 17.9 Å². The predicted molar refractivity (Wildman–Crippen MR) is 78.1 cm³/mol. The highest BCUT2D eigenvalue weighted by Crippen LogP contribution is 2.30. The highest BCUT2D eigenvalue weighted by Gasteiger charge is 2.10. The summed E-state index contributed by atoms with van der Waals surface area (Å²) in [5.74, 6) is 2.04. The van der Waals surface area contributed by atoms with E-state index >= 15 is 0 Å². The summed E-state index contributed by atoms with van der Waals surface area (Å²) >= 11 is 0. The number of anilines is 1. The topological polar surface area (TPSA) is 59.9 Å². The van der Waals surface area contributed by atoms with Gasteiger partial charge in [-0.05, 0) is 31.2 Å². The van der Waals surface area contributed by atoms with Crippen LogP contribution in [0.25, 0.3) is 10.9 Å². The lowest BCUT2D eigenvalue weighted by Gasteiger charge is -2.11. The van der Waals surface area contributed by atoms with Crippen molar-refractivity contribution in [1.82, 2.24) is 15.0 Å². The summed E-state index contributed by atoms with van der Waals surface area (Å²) in [7, 11) is 1.82. The van der Waals surface area contributed by atoms with Gasteiger partial charge in [-0.3, -0.25) is 4.98 Å². The van der Waals surface area contributed by atoms with Gasteiger partial charge in [0, 0.05) is 18.6 Å². The van der Waals surface area contributed by atoms with Crippen LogP contribution in [0.5, 0.6) is 11.6 Å². The van der Waals surface area contributed by atoms with E-state index in [9.17, 15) is 0 Å². The lowest BCUT2D eigenvalue weighted by Crippen LogP contribution is -2.00. The minimum absolute atomic E-state index is 0.542. The van der Waals surface area contributed by atoms with Crippen molar-refractivity contribution in [2.45, 2.75) is 6.92 Å². The minimum Gasteiger partial charge on any atom is -0.438 e. The number of fused-ring (bicyclic) bond motifs is 1. The van der Waals surface area contributed by atoms with Gasteiger partial charge in [0.05, 0.1) is 11.1 Å². The third-order valence-corrected chi connectivity index (χ3v) is 3.09. The maximum Gasteiger partial charge on any atom is 0.227 e. The number of ether oxygens (including phenoxy) is 1. The summed E-state index contributed by atoms with van der Waals surface area (Å²) in [5.41, 5.74) is 1.77. The molecule has 5 heteroatoms. The molecule has 0 saturated heterocycles. The van der Waals surface area contributed by atoms with Crippen LogP contribution in [-0.4, -0.2) is 22.0 Å². The number of aromatic nitrogens is 3. The minimum atomic E-state index is 0.542. The SMILES string of the molecule is CNc1ncnc(Oc2cccc3ncccc23)c1C. The highest BCUT2D eigenvalue weighted by molar-refractivity contribution is 5.85. The lowest BCUT2D eigenvalue weighted by atomic mass is 10.2. The molecule has 100 valence electrons. The fourth-order valence-electron chi connectivity index (χ4n) is 2.06. The molecule has 0 aliphatic rings. The molecule has 1 N–H and O–H groups in total. The molecule has 2 heterocycles. The molecule has 0 fully saturated rings. The molecule has 1 aromatic carbocycles. The van der Waals surface area contributed by atoms with Crippen LogP contribution in [0.1, 0.15) is 5.56 Å². The molecule has 0 bridgehead atoms. The summed E-state index contributed by atoms with van der Waals surface area (Å²) in [6.07, 6.45) is 3.25. The molecule has 3 rings (SSSR count). The Morgan fingerprint density at radius 2 is 1.95 bits per heavy atom. The number of hydrogen-bond donors (Lipinski definition) is 1. The third kappa shape index (κ3) is 2.14. The largest absolute Gasteiger partial charge is 0.438 e. The van der Waals surface area contributed by atoms with Crippen molar-refractivity contribution < 1.29 is 4.74 Å². The quantitative estimate of drug-likeness (QED) is 0.789. The summed E-state index contributed by atoms with van der Waals surface area (Å²) in [6.45, 7) is 1.92. The maximum absolute atomic E-state index is 5.93. The van der Waals surface area contributed by atoms with E-state index in [-0.39, 0.29) is 0 Å². The van der Waals surface area contributed by atoms with Gasteiger partial charge in [-0.1, -0.05) is 6.07 Å². The van der Waals surface area contributed by atoms with E-state index in [0.29, 0.717) is 5.88 Å². The van der Waals surface area contributed by atoms with Crippen molar-refractivity contribution in [2.75, 3.05) is 12.4 Å². The number of hydrogen-bond acceptors (Lipinski definition) is 5. The number of nitrogens with zero attached hydrogens (tertiary/aromatic N) is 3. The molecule has 0 atom stereocenters. The van der Waals surface area contributed by atoms with Crippen molar-refractivity contribution in [3.05, 3.63) is 48.4 Å². The fraction of sp³-hybridized carbons (Fsp3) is 0.133. The maximum atomic E-state index is 5.93. The van der Waals surface area contributed by atoms with Crippen LogP contribution in [0.3, 0.4) is 0 Å². The number of nitrogens with one attached hydrogen (secondary N) is 1. The van der Waals surface area contributed by atoms with Crippen molar-refractivity contribution >= 4 is 16.7 Å². The average molecular weight is 266 g/mol. The summed E-state index contributed by atoms with van der Waals surface area (Å²) in [5, 5.41) is 3.97. The van der Waals surface area contributed by atoms with E-state index in [0.717, 1.165) is 28.0 Å². The van der Waals surface area contributed by atoms with Crippen LogP contribution in [0.15, 0.2) is 42.9 Å². The van der Waals surface area contributed by atoms with Gasteiger partial charge in [0.2, 0.25) is 5.88 Å². The molecule has 3 aromatic rings. The van der Waals surface area contributed by atoms with Gasteiger partial charge in [-0.25, -0.2) is 9.97 Å². The summed E-state index contributed by atoms with van der Waals surface area (Å²) in [6, 6.07) is 9.65. The average Bonchev–Trinajstić information content (AvgIpc) is 2.50. The molecule has 20 heavy (non-hydrogen) atoms. The number of benzene rings is 1. The molecule has 5 nitrogen and oxygen atoms in total. The molecule has 0 amide bonds. The second kappa shape index (κ2) is 5.13. The van der Waals surface area contributed by atoms with E-state index in [4.69, 9.17) is 4.74 Å². The molecule has 0 spiro atoms. The Balaban J connectivity index is 2.06. The highest BCUT2D eigenvalue weighted by atomic mass is 16.5. The number of rotatable bonds is 3. The summed E-state index contributed by atoms with van der Waals surface area (Å²) in [4.78, 5) is 12.7. The Bertz CT molecular complexity index is 752. The smallest absolute Gasteiger partial charge is 0.227 e. The van der Waals surface area contributed by atoms with Gasteiger partial charge in [0.25, 0.3) is 0 Å². The normalized spacial score (nSPS) is 10.5. The van der Waals surface area contributed by atoms with Crippen molar-refractivity contribution in [2.24, 2.45) is 0 Å². The third-order valence-electron chi connectivity index (χ3n) is 3.09. The Kier molecular flexibility index (Phi) is 3.16. The molecule has 0 aliphatic heterocycles. The van der Waals surface area contributed by atoms with Crippen molar-refractivity contribution in [3.8, 4) is 11.6 Å². The summed E-state index contributed by atoms with van der Waals surface area (Å²) < 4.78 is 5.93. The van der Waals surface area contributed by atoms with Crippen LogP contribution in [0.2, 0.25) is 0 Å². The van der Waals surface area contributed by atoms with E-state index in [2.05, 4.69) is 20.3 Å². The van der Waals surface area contributed by atoms with Crippen LogP contribution >= 0.6 is 0 Å². The first kappa shape index (κ1) is 12.3. The zero-order valence-electron chi connectivity index (χ0n) is 11.3. The molecule has 0 radical (unpaired) electrons. The number of pyridine rings is 1. The Morgan fingerprint density at radius 3 is 2.80 bits per heavy atom. The van der Waals surface area contributed by atoms with Gasteiger partial charge >= 0.3 is 0 Å². The molecule has 0 saturated carbocycles. The first-order chi connectivity index (χ1) is 9.79. The van der Waals surface area contributed by atoms with E-state index in [1.54, 1.807) is 6.20 Å². The van der Waals surface area contributed by atoms with Crippen LogP contribution in [0.4, 0.5) is 5.82 Å². The molecular formula is C15H14N4O. The molecule has 2 aromatic heterocycles. The van der Waals surface area contributed by atoms with Gasteiger partial charge in [0.15, 0.2) is 0 Å². The Labute approximate surface area is 116 Å². The zero-order valence-corrected chi connectivity index (χ0v) is 11.3. The molecule has 0 aliphatic carbocycles. The first-order valence-corrected chi connectivity index (χ1v) is 6.30.